The van der Waals surface area contributed by atoms with Crippen molar-refractivity contribution in [1.29, 1.82) is 0 Å². The zero-order chi connectivity index (χ0) is 107. The smallest absolute Gasteiger partial charge is 1.00 e. The molecule has 23 heteroatoms. The summed E-state index contributed by atoms with van der Waals surface area (Å²) in [6, 6.07) is 113. The zero-order valence-electron chi connectivity index (χ0n) is 91.7. The summed E-state index contributed by atoms with van der Waals surface area (Å²) in [6.07, 6.45) is 25.9. The predicted octanol–water partition coefficient (Wildman–Crippen LogP) is 31.0. The monoisotopic (exact) mass is 2400 g/mol. The molecule has 17 rings (SSSR count). The summed E-state index contributed by atoms with van der Waals surface area (Å²) in [5.41, 5.74) is 17.4. The summed E-state index contributed by atoms with van der Waals surface area (Å²) < 4.78 is 50.8. The first-order valence-electron chi connectivity index (χ1n) is 51.6. The van der Waals surface area contributed by atoms with Gasteiger partial charge in [0.25, 0.3) is 0 Å². The van der Waals surface area contributed by atoms with E-state index in [1.54, 1.807) is 0 Å². The van der Waals surface area contributed by atoms with Gasteiger partial charge in [0.1, 0.15) is 37.6 Å². The molecule has 5 aliphatic rings. The third kappa shape index (κ3) is 43.0. The van der Waals surface area contributed by atoms with E-state index in [1.165, 1.54) is 165 Å². The van der Waals surface area contributed by atoms with E-state index in [9.17, 15) is 12.9 Å². The van der Waals surface area contributed by atoms with Crippen LogP contribution in [0.1, 0.15) is 276 Å². The van der Waals surface area contributed by atoms with Crippen LogP contribution in [-0.4, -0.2) is 66.8 Å². The van der Waals surface area contributed by atoms with E-state index in [0.717, 1.165) is 26.7 Å². The van der Waals surface area contributed by atoms with Gasteiger partial charge in [0.05, 0.1) is 27.4 Å². The van der Waals surface area contributed by atoms with E-state index < -0.39 is 66.9 Å². The maximum atomic E-state index is 9.67. The molecule has 2 saturated carbocycles. The topological polar surface area (TPSA) is 38.8 Å². The molecule has 0 atom stereocenters. The number of nitrogens with zero attached hydrogens (tertiary/aromatic N) is 3. The Morgan fingerprint density at radius 2 is 0.758 bits per heavy atom. The van der Waals surface area contributed by atoms with Crippen molar-refractivity contribution in [3.05, 3.63) is 395 Å². The van der Waals surface area contributed by atoms with E-state index in [4.69, 9.17) is 52.9 Å². The van der Waals surface area contributed by atoms with E-state index >= 15 is 0 Å². The third-order valence-electron chi connectivity index (χ3n) is 25.7. The molecule has 3 aliphatic carbocycles. The van der Waals surface area contributed by atoms with Crippen molar-refractivity contribution in [1.82, 2.24) is 0 Å². The van der Waals surface area contributed by atoms with Crippen LogP contribution in [0.4, 0.5) is 24.3 Å². The molecule has 149 heavy (non-hydrogen) atoms. The minimum absolute atomic E-state index is 0. The summed E-state index contributed by atoms with van der Waals surface area (Å²) in [6.45, 7) is 55.0. The van der Waals surface area contributed by atoms with Crippen molar-refractivity contribution in [2.24, 2.45) is 10.8 Å². The Morgan fingerprint density at radius 1 is 0.436 bits per heavy atom. The summed E-state index contributed by atoms with van der Waals surface area (Å²) >= 11 is 0.00912. The van der Waals surface area contributed by atoms with Crippen molar-refractivity contribution < 1.29 is 92.7 Å². The summed E-state index contributed by atoms with van der Waals surface area (Å²) in [4.78, 5) is 2.68. The zero-order valence-corrected chi connectivity index (χ0v) is 104. The Hall–Kier alpha value is -6.22. The average molecular weight is 2410 g/mol. The maximum absolute atomic E-state index is 9.67. The number of para-hydroxylation sites is 4. The van der Waals surface area contributed by atoms with Crippen LogP contribution in [0.15, 0.2) is 334 Å². The van der Waals surface area contributed by atoms with Crippen LogP contribution in [0.25, 0.3) is 16.3 Å². The molecule has 3 fully saturated rings. The number of benzene rings is 12. The number of allylic oxidation sites excluding steroid dienone is 2. The Morgan fingerprint density at radius 3 is 1.09 bits per heavy atom. The van der Waals surface area contributed by atoms with Crippen molar-refractivity contribution in [2.45, 2.75) is 288 Å². The molecule has 2 spiro atoms. The van der Waals surface area contributed by atoms with Gasteiger partial charge in [-0.3, -0.25) is 12.9 Å². The minimum Gasteiger partial charge on any atom is -1.00 e. The number of anilines is 1. The van der Waals surface area contributed by atoms with Crippen LogP contribution >= 0.6 is 64.7 Å². The Kier molecular flexibility index (Phi) is 59.3. The average Bonchev–Trinajstić information content (AvgIpc) is 1.58. The Bertz CT molecular complexity index is 5680. The molecular weight excluding hydrogens is 2240 g/mol. The Balaban J connectivity index is 0.000000300. The second kappa shape index (κ2) is 66.4. The molecule has 0 bridgehead atoms. The van der Waals surface area contributed by atoms with Gasteiger partial charge in [0.2, 0.25) is 5.69 Å². The van der Waals surface area contributed by atoms with Crippen molar-refractivity contribution >= 4 is 159 Å². The molecule has 2 aliphatic heterocycles. The van der Waals surface area contributed by atoms with E-state index in [2.05, 4.69) is 437 Å². The van der Waals surface area contributed by atoms with Gasteiger partial charge in [-0.1, -0.05) is 352 Å². The fourth-order valence-electron chi connectivity index (χ4n) is 20.3. The quantitative estimate of drug-likeness (QED) is 0.0237. The third-order valence-corrected chi connectivity index (χ3v) is 41.4. The molecule has 1 saturated heterocycles. The molecule has 0 amide bonds. The van der Waals surface area contributed by atoms with E-state index in [0.29, 0.717) is 34.5 Å². The van der Waals surface area contributed by atoms with Crippen molar-refractivity contribution in [3.63, 3.8) is 0 Å². The number of hydrogen-bond acceptors (Lipinski definition) is 3. The van der Waals surface area contributed by atoms with Gasteiger partial charge in [-0.05, 0) is 161 Å². The van der Waals surface area contributed by atoms with Gasteiger partial charge in [0.15, 0.2) is 11.8 Å². The van der Waals surface area contributed by atoms with Gasteiger partial charge in [-0.15, -0.1) is 5.41 Å². The normalized spacial score (nSPS) is 14.8. The van der Waals surface area contributed by atoms with Crippen LogP contribution in [0.2, 0.25) is 39.3 Å². The molecule has 806 valence electrons. The number of halogens is 9. The predicted molar refractivity (Wildman–Crippen MR) is 647 cm³/mol. The van der Waals surface area contributed by atoms with Gasteiger partial charge in [-0.25, -0.2) is 6.54 Å². The van der Waals surface area contributed by atoms with Crippen molar-refractivity contribution in [2.75, 3.05) is 4.90 Å². The number of hydrogen-bond donors (Lipinski definition) is 0. The van der Waals surface area contributed by atoms with Crippen LogP contribution in [0.3, 0.4) is 0 Å². The maximum Gasteiger partial charge on any atom is 1.00 e. The molecule has 12 aromatic carbocycles. The van der Waals surface area contributed by atoms with Gasteiger partial charge < -0.3 is 19.0 Å². The first-order chi connectivity index (χ1) is 69.5. The Labute approximate surface area is 952 Å². The molecule has 0 radical (unpaired) electrons. The SMILES string of the molecule is C.C/C=C/c1ccccc1OC(C)C.CC(C)Oc1ccccc1[CH]=[Ru]([Cl])[Cl].CC(C)c1cccc(C(C)C)c1N1[CH-]C2(CCCCC2)CC1(C)C.CC(C)c1cccc(C(C)C)c1[N+]1=CC2(CCCCC2)CC1(C)C.C[Si](C)(C)[N-][Si](C)(C)C.FB(F)F.[Cl][Cu].[Cl][Ru]([Cl])=[C]1C=C(c2ccccc2)c2ccccc21.[F-].[Li+].c1ccc([PH+](c2ccccc2)c2ccccc2)cc1.c1ccc([PH+](c2ccccc2)c2ccccc2)cc1. The summed E-state index contributed by atoms with van der Waals surface area (Å²) in [7, 11) is 20.6. The molecule has 5 nitrogen and oxygen atoms in total. The first-order valence-corrected chi connectivity index (χ1v) is 73.6. The molecular formula is C126H164BCl5CuF4LiN3O2P2Ru2Si2+. The summed E-state index contributed by atoms with van der Waals surface area (Å²) in [5.74, 6) is 4.05. The standard InChI is InChI=1S/2C23H36N.2C18H15P.C15H10.C12H16O.C10H12O.C6H18NSi2.CH4.BF3.5ClH.Cu.FH.Li.2Ru/c2*1-17(2)19-11-10-12-20(18(3)4)21(19)24-16-23(15-22(24,5)6)13-8-7-9-14-23;2*1-4-10-16(11-5-1)19(17-12-6-2-7-13-17)18-14-8-3-9-15-18;1-2-6-12(7-3-1)15-11-10-13-8-4-5-9-14(13)15;1-4-7-11-8-5-6-9-12(11)13-10(2)3;1-8(2)11-10-7-5-4-6-9(10)3;1-8(2,3)7-9(4,5)6;;2-1(3)4;;;;;;;;;;/h2*10-12,16-18H,7-9,13-15H2,1-6H3;2*1-15H;1-9,11H;4-10H,1-3H3;3-8H,1-2H3;1-6H3;1H4;;5*1H;;1H;;;/q-1;+1;;;;;;-1;;;;;;;;+1;;+1;2*+2/p-4/b;;;;;7-4+;;;;;;;;;;;;;;. The second-order valence-electron chi connectivity index (χ2n) is 42.9. The largest absolute Gasteiger partial charge is 1.00 e. The molecule has 0 unspecified atom stereocenters. The fraction of sp³-hybridized carbons (Fsp3) is 0.365. The fourth-order valence-corrected chi connectivity index (χ4v) is 37.8. The molecule has 2 heterocycles. The molecule has 0 N–H and O–H groups in total. The van der Waals surface area contributed by atoms with E-state index in [-0.39, 0.29) is 54.3 Å². The van der Waals surface area contributed by atoms with Gasteiger partial charge >= 0.3 is 269 Å². The van der Waals surface area contributed by atoms with Crippen LogP contribution in [0, 0.1) is 17.4 Å². The van der Waals surface area contributed by atoms with Crippen LogP contribution in [0.5, 0.6) is 11.5 Å². The van der Waals surface area contributed by atoms with Gasteiger partial charge in [0, 0.05) is 48.2 Å². The molecule has 0 aromatic heterocycles. The van der Waals surface area contributed by atoms with Crippen molar-refractivity contribution in [3.8, 4) is 11.5 Å². The number of ether oxygens (including phenoxy) is 2. The number of fused-ring (bicyclic) bond motifs is 1. The summed E-state index contributed by atoms with van der Waals surface area (Å²) in [5, 5.41) is 8.61. The van der Waals surface area contributed by atoms with E-state index in [1.807, 2.05) is 112 Å². The molecule has 12 aromatic rings. The second-order valence-corrected chi connectivity index (χ2v) is 68.9. The first kappa shape index (κ1) is 133. The number of rotatable bonds is 21. The van der Waals surface area contributed by atoms with Gasteiger partial charge in [-0.2, -0.15) is 4.58 Å². The minimum atomic E-state index is -3.67. The van der Waals surface area contributed by atoms with Crippen LogP contribution < -0.4 is 69.8 Å². The van der Waals surface area contributed by atoms with Crippen LogP contribution in [-0.2, 0) is 42.1 Å².